The predicted octanol–water partition coefficient (Wildman–Crippen LogP) is 2.78. The van der Waals surface area contributed by atoms with Crippen LogP contribution in [0, 0.1) is 0 Å². The van der Waals surface area contributed by atoms with Crippen LogP contribution in [0.4, 0.5) is 0 Å². The highest BCUT2D eigenvalue weighted by Gasteiger charge is 2.12. The minimum atomic E-state index is -1.21. The molecule has 0 fully saturated rings. The van der Waals surface area contributed by atoms with E-state index in [9.17, 15) is 9.59 Å². The minimum absolute atomic E-state index is 0.135. The molecular formula is C15H12O4. The topological polar surface area (TPSA) is 74.6 Å². The van der Waals surface area contributed by atoms with E-state index in [1.165, 1.54) is 6.08 Å². The van der Waals surface area contributed by atoms with Crippen molar-refractivity contribution in [3.05, 3.63) is 53.6 Å². The molecule has 0 amide bonds. The molecule has 0 aliphatic heterocycles. The lowest BCUT2D eigenvalue weighted by Crippen LogP contribution is -2.06. The molecule has 0 unspecified atom stereocenters. The van der Waals surface area contributed by atoms with Gasteiger partial charge in [-0.2, -0.15) is 0 Å². The summed E-state index contributed by atoms with van der Waals surface area (Å²) in [4.78, 5) is 21.7. The van der Waals surface area contributed by atoms with Gasteiger partial charge < -0.3 is 10.2 Å². The van der Waals surface area contributed by atoms with E-state index in [-0.39, 0.29) is 5.57 Å². The Labute approximate surface area is 109 Å². The fourth-order valence-electron chi connectivity index (χ4n) is 1.92. The SMILES string of the molecule is O=C(O)CC(=Cc1cccc2ccccc12)C(=O)O. The molecule has 2 aromatic carbocycles. The second-order valence-electron chi connectivity index (χ2n) is 4.11. The maximum atomic E-state index is 11.0. The summed E-state index contributed by atoms with van der Waals surface area (Å²) < 4.78 is 0. The van der Waals surface area contributed by atoms with Gasteiger partial charge in [0.1, 0.15) is 0 Å². The highest BCUT2D eigenvalue weighted by Crippen LogP contribution is 2.21. The number of hydrogen-bond acceptors (Lipinski definition) is 2. The van der Waals surface area contributed by atoms with E-state index in [4.69, 9.17) is 10.2 Å². The van der Waals surface area contributed by atoms with Gasteiger partial charge in [-0.3, -0.25) is 4.79 Å². The molecule has 0 spiro atoms. The molecule has 0 aliphatic rings. The van der Waals surface area contributed by atoms with Gasteiger partial charge >= 0.3 is 11.9 Å². The third-order valence-corrected chi connectivity index (χ3v) is 2.77. The first-order valence-corrected chi connectivity index (χ1v) is 5.71. The molecular weight excluding hydrogens is 244 g/mol. The van der Waals surface area contributed by atoms with Gasteiger partial charge in [0.25, 0.3) is 0 Å². The second-order valence-corrected chi connectivity index (χ2v) is 4.11. The lowest BCUT2D eigenvalue weighted by molar-refractivity contribution is -0.139. The predicted molar refractivity (Wildman–Crippen MR) is 71.8 cm³/mol. The summed E-state index contributed by atoms with van der Waals surface area (Å²) in [7, 11) is 0. The second kappa shape index (κ2) is 5.35. The third-order valence-electron chi connectivity index (χ3n) is 2.77. The summed E-state index contributed by atoms with van der Waals surface area (Å²) in [6.45, 7) is 0. The van der Waals surface area contributed by atoms with E-state index < -0.39 is 18.4 Å². The maximum Gasteiger partial charge on any atom is 0.332 e. The Bertz CT molecular complexity index is 665. The number of aliphatic carboxylic acids is 2. The summed E-state index contributed by atoms with van der Waals surface area (Å²) in [6.07, 6.45) is 0.914. The van der Waals surface area contributed by atoms with Gasteiger partial charge in [0.2, 0.25) is 0 Å². The maximum absolute atomic E-state index is 11.0. The van der Waals surface area contributed by atoms with Crippen molar-refractivity contribution < 1.29 is 19.8 Å². The molecule has 19 heavy (non-hydrogen) atoms. The van der Waals surface area contributed by atoms with Crippen molar-refractivity contribution in [2.45, 2.75) is 6.42 Å². The van der Waals surface area contributed by atoms with E-state index in [1.807, 2.05) is 36.4 Å². The molecule has 0 saturated heterocycles. The van der Waals surface area contributed by atoms with Crippen molar-refractivity contribution in [1.82, 2.24) is 0 Å². The number of benzene rings is 2. The molecule has 2 aromatic rings. The van der Waals surface area contributed by atoms with Gasteiger partial charge in [-0.25, -0.2) is 4.79 Å². The van der Waals surface area contributed by atoms with Crippen LogP contribution in [0.3, 0.4) is 0 Å². The Morgan fingerprint density at radius 1 is 1.00 bits per heavy atom. The zero-order chi connectivity index (χ0) is 13.8. The van der Waals surface area contributed by atoms with E-state index in [1.54, 1.807) is 6.07 Å². The Hall–Kier alpha value is -2.62. The Balaban J connectivity index is 2.54. The number of fused-ring (bicyclic) bond motifs is 1. The molecule has 4 nitrogen and oxygen atoms in total. The molecule has 0 atom stereocenters. The molecule has 4 heteroatoms. The van der Waals surface area contributed by atoms with Gasteiger partial charge in [-0.15, -0.1) is 0 Å². The van der Waals surface area contributed by atoms with E-state index >= 15 is 0 Å². The van der Waals surface area contributed by atoms with Crippen LogP contribution in [0.2, 0.25) is 0 Å². The molecule has 0 radical (unpaired) electrons. The van der Waals surface area contributed by atoms with Gasteiger partial charge in [-0.1, -0.05) is 42.5 Å². The highest BCUT2D eigenvalue weighted by molar-refractivity contribution is 6.00. The zero-order valence-corrected chi connectivity index (χ0v) is 10.0. The quantitative estimate of drug-likeness (QED) is 0.825. The molecule has 0 aliphatic carbocycles. The van der Waals surface area contributed by atoms with Crippen LogP contribution in [0.1, 0.15) is 12.0 Å². The lowest BCUT2D eigenvalue weighted by atomic mass is 10.0. The summed E-state index contributed by atoms with van der Waals surface area (Å²) in [6, 6.07) is 13.1. The summed E-state index contributed by atoms with van der Waals surface area (Å²) in [5.74, 6) is -2.37. The van der Waals surface area contributed by atoms with E-state index in [0.29, 0.717) is 5.56 Å². The summed E-state index contributed by atoms with van der Waals surface area (Å²) >= 11 is 0. The average molecular weight is 256 g/mol. The normalized spacial score (nSPS) is 11.5. The fourth-order valence-corrected chi connectivity index (χ4v) is 1.92. The van der Waals surface area contributed by atoms with E-state index in [2.05, 4.69) is 0 Å². The Morgan fingerprint density at radius 2 is 1.68 bits per heavy atom. The summed E-state index contributed by atoms with van der Waals surface area (Å²) in [5.41, 5.74) is 0.570. The first kappa shape index (κ1) is 12.8. The number of rotatable bonds is 4. The van der Waals surface area contributed by atoms with Crippen LogP contribution >= 0.6 is 0 Å². The first-order valence-electron chi connectivity index (χ1n) is 5.71. The Morgan fingerprint density at radius 3 is 2.37 bits per heavy atom. The van der Waals surface area contributed by atoms with Crippen LogP contribution in [0.25, 0.3) is 16.8 Å². The molecule has 0 heterocycles. The summed E-state index contributed by atoms with van der Waals surface area (Å²) in [5, 5.41) is 19.6. The van der Waals surface area contributed by atoms with Crippen molar-refractivity contribution >= 4 is 28.8 Å². The van der Waals surface area contributed by atoms with Crippen molar-refractivity contribution in [1.29, 1.82) is 0 Å². The van der Waals surface area contributed by atoms with Crippen LogP contribution in [0.15, 0.2) is 48.0 Å². The molecule has 0 aromatic heterocycles. The van der Waals surface area contributed by atoms with Crippen molar-refractivity contribution in [3.8, 4) is 0 Å². The van der Waals surface area contributed by atoms with Crippen molar-refractivity contribution in [2.75, 3.05) is 0 Å². The van der Waals surface area contributed by atoms with Gasteiger partial charge in [-0.05, 0) is 22.4 Å². The number of carboxylic acid groups (broad SMARTS) is 2. The van der Waals surface area contributed by atoms with Crippen molar-refractivity contribution in [2.24, 2.45) is 0 Å². The van der Waals surface area contributed by atoms with Crippen LogP contribution in [0.5, 0.6) is 0 Å². The largest absolute Gasteiger partial charge is 0.481 e. The molecule has 2 N–H and O–H groups in total. The van der Waals surface area contributed by atoms with Crippen LogP contribution < -0.4 is 0 Å². The zero-order valence-electron chi connectivity index (χ0n) is 10.0. The molecule has 0 saturated carbocycles. The highest BCUT2D eigenvalue weighted by atomic mass is 16.4. The minimum Gasteiger partial charge on any atom is -0.481 e. The van der Waals surface area contributed by atoms with Crippen LogP contribution in [-0.4, -0.2) is 22.2 Å². The van der Waals surface area contributed by atoms with E-state index in [0.717, 1.165) is 10.8 Å². The van der Waals surface area contributed by atoms with Crippen molar-refractivity contribution in [3.63, 3.8) is 0 Å². The molecule has 2 rings (SSSR count). The number of carbonyl (C=O) groups is 2. The molecule has 0 bridgehead atoms. The number of hydrogen-bond donors (Lipinski definition) is 2. The van der Waals surface area contributed by atoms with Gasteiger partial charge in [0, 0.05) is 5.57 Å². The fraction of sp³-hybridized carbons (Fsp3) is 0.0667. The first-order chi connectivity index (χ1) is 9.08. The Kier molecular flexibility index (Phi) is 3.61. The smallest absolute Gasteiger partial charge is 0.332 e. The lowest BCUT2D eigenvalue weighted by Gasteiger charge is -2.04. The van der Waals surface area contributed by atoms with Gasteiger partial charge in [0.05, 0.1) is 6.42 Å². The van der Waals surface area contributed by atoms with Gasteiger partial charge in [0.15, 0.2) is 0 Å². The standard InChI is InChI=1S/C15H12O4/c16-14(17)9-12(15(18)19)8-11-6-3-5-10-4-1-2-7-13(10)11/h1-8H,9H2,(H,16,17)(H,18,19). The third kappa shape index (κ3) is 2.98. The number of carboxylic acids is 2. The monoisotopic (exact) mass is 256 g/mol. The average Bonchev–Trinajstić information content (AvgIpc) is 2.37. The van der Waals surface area contributed by atoms with Crippen LogP contribution in [-0.2, 0) is 9.59 Å². The molecule has 96 valence electrons.